The van der Waals surface area contributed by atoms with Gasteiger partial charge >= 0.3 is 0 Å². The molecule has 1 aliphatic rings. The van der Waals surface area contributed by atoms with E-state index in [1.165, 1.54) is 21.7 Å². The Bertz CT molecular complexity index is 908. The summed E-state index contributed by atoms with van der Waals surface area (Å²) in [6.07, 6.45) is 9.20. The molecule has 3 heteroatoms. The van der Waals surface area contributed by atoms with E-state index in [9.17, 15) is 0 Å². The third-order valence-corrected chi connectivity index (χ3v) is 8.97. The average Bonchev–Trinajstić information content (AvgIpc) is 3.18. The summed E-state index contributed by atoms with van der Waals surface area (Å²) in [5.41, 5.74) is 2.48. The second kappa shape index (κ2) is 9.08. The van der Waals surface area contributed by atoms with Crippen LogP contribution in [0, 0.1) is 12.8 Å². The van der Waals surface area contributed by atoms with Crippen LogP contribution in [0.3, 0.4) is 0 Å². The van der Waals surface area contributed by atoms with Crippen molar-refractivity contribution in [2.75, 3.05) is 13.9 Å². The summed E-state index contributed by atoms with van der Waals surface area (Å²) >= 11 is 0. The highest BCUT2D eigenvalue weighted by atomic mass is 31.1. The fourth-order valence-corrected chi connectivity index (χ4v) is 7.48. The molecule has 160 valence electrons. The van der Waals surface area contributed by atoms with E-state index in [0.717, 1.165) is 5.75 Å². The summed E-state index contributed by atoms with van der Waals surface area (Å²) in [5.74, 6) is 1.44. The van der Waals surface area contributed by atoms with Crippen molar-refractivity contribution in [1.29, 1.82) is 0 Å². The molecular formula is C27H35O2P. The van der Waals surface area contributed by atoms with E-state index in [0.29, 0.717) is 5.92 Å². The first kappa shape index (κ1) is 22.8. The smallest absolute Gasteiger partial charge is 0.188 e. The predicted molar refractivity (Wildman–Crippen MR) is 131 cm³/mol. The summed E-state index contributed by atoms with van der Waals surface area (Å²) in [5, 5.41) is 2.61. The molecule has 0 radical (unpaired) electrons. The largest absolute Gasteiger partial charge is 0.467 e. The van der Waals surface area contributed by atoms with Crippen LogP contribution in [0.25, 0.3) is 0 Å². The molecule has 1 unspecified atom stereocenters. The van der Waals surface area contributed by atoms with Crippen LogP contribution in [-0.4, -0.2) is 19.1 Å². The van der Waals surface area contributed by atoms with Gasteiger partial charge in [0, 0.05) is 23.1 Å². The SMILES string of the molecule is COCOc1c(P(c2ccccc2)C2(C(C)C)C=CC=C2)cc(C)cc1C(C)(C)C. The molecule has 0 fully saturated rings. The zero-order valence-electron chi connectivity index (χ0n) is 19.4. The van der Waals surface area contributed by atoms with Crippen molar-refractivity contribution in [2.24, 2.45) is 5.92 Å². The highest BCUT2D eigenvalue weighted by molar-refractivity contribution is 7.75. The highest BCUT2D eigenvalue weighted by Gasteiger charge is 2.42. The molecule has 0 N–H and O–H groups in total. The summed E-state index contributed by atoms with van der Waals surface area (Å²) < 4.78 is 11.7. The Hall–Kier alpha value is -1.89. The molecule has 3 rings (SSSR count). The minimum Gasteiger partial charge on any atom is -0.467 e. The quantitative estimate of drug-likeness (QED) is 0.389. The fraction of sp³-hybridized carbons (Fsp3) is 0.407. The van der Waals surface area contributed by atoms with Crippen LogP contribution in [0.1, 0.15) is 45.7 Å². The van der Waals surface area contributed by atoms with Gasteiger partial charge in [-0.3, -0.25) is 0 Å². The van der Waals surface area contributed by atoms with E-state index in [1.807, 2.05) is 0 Å². The van der Waals surface area contributed by atoms with E-state index in [-0.39, 0.29) is 17.4 Å². The van der Waals surface area contributed by atoms with E-state index >= 15 is 0 Å². The van der Waals surface area contributed by atoms with E-state index in [1.54, 1.807) is 7.11 Å². The van der Waals surface area contributed by atoms with Gasteiger partial charge in [-0.1, -0.05) is 95.3 Å². The summed E-state index contributed by atoms with van der Waals surface area (Å²) in [6, 6.07) is 15.6. The minimum atomic E-state index is -0.747. The Balaban J connectivity index is 2.35. The molecule has 0 aliphatic heterocycles. The Labute approximate surface area is 183 Å². The zero-order valence-corrected chi connectivity index (χ0v) is 20.3. The molecule has 2 aromatic rings. The van der Waals surface area contributed by atoms with Gasteiger partial charge in [0.1, 0.15) is 5.75 Å². The van der Waals surface area contributed by atoms with E-state index in [2.05, 4.69) is 108 Å². The van der Waals surface area contributed by atoms with Gasteiger partial charge in [-0.15, -0.1) is 0 Å². The van der Waals surface area contributed by atoms with Crippen molar-refractivity contribution in [3.63, 3.8) is 0 Å². The lowest BCUT2D eigenvalue weighted by atomic mass is 9.85. The molecule has 0 aromatic heterocycles. The maximum Gasteiger partial charge on any atom is 0.188 e. The van der Waals surface area contributed by atoms with Crippen molar-refractivity contribution < 1.29 is 9.47 Å². The maximum absolute atomic E-state index is 6.33. The number of allylic oxidation sites excluding steroid dienone is 4. The number of benzene rings is 2. The van der Waals surface area contributed by atoms with Crippen LogP contribution in [0.15, 0.2) is 66.8 Å². The monoisotopic (exact) mass is 422 g/mol. The van der Waals surface area contributed by atoms with Gasteiger partial charge in [-0.25, -0.2) is 0 Å². The third kappa shape index (κ3) is 4.41. The van der Waals surface area contributed by atoms with Crippen LogP contribution < -0.4 is 15.3 Å². The average molecular weight is 423 g/mol. The standard InChI is InChI=1S/C27H35O2P/c1-20(2)27(15-11-12-16-27)30(22-13-9-8-10-14-22)24-18-21(3)17-23(26(4,5)6)25(24)29-19-28-7/h8-18,20H,19H2,1-7H3. The lowest BCUT2D eigenvalue weighted by molar-refractivity contribution is 0.0506. The normalized spacial score (nSPS) is 16.3. The molecule has 0 bridgehead atoms. The lowest BCUT2D eigenvalue weighted by Crippen LogP contribution is -2.36. The highest BCUT2D eigenvalue weighted by Crippen LogP contribution is 2.57. The van der Waals surface area contributed by atoms with Gasteiger partial charge in [0.05, 0.1) is 0 Å². The first-order chi connectivity index (χ1) is 14.2. The van der Waals surface area contributed by atoms with Gasteiger partial charge in [0.25, 0.3) is 0 Å². The minimum absolute atomic E-state index is 0.0338. The molecule has 0 saturated heterocycles. The molecule has 2 nitrogen and oxygen atoms in total. The van der Waals surface area contributed by atoms with Gasteiger partial charge in [-0.05, 0) is 43.1 Å². The Morgan fingerprint density at radius 2 is 1.63 bits per heavy atom. The molecule has 2 aromatic carbocycles. The van der Waals surface area contributed by atoms with Crippen molar-refractivity contribution in [3.05, 3.63) is 77.9 Å². The zero-order chi connectivity index (χ0) is 21.9. The van der Waals surface area contributed by atoms with E-state index < -0.39 is 7.92 Å². The Morgan fingerprint density at radius 3 is 2.17 bits per heavy atom. The van der Waals surface area contributed by atoms with Gasteiger partial charge in [0.2, 0.25) is 0 Å². The summed E-state index contributed by atoms with van der Waals surface area (Å²) in [7, 11) is 0.936. The van der Waals surface area contributed by atoms with Crippen LogP contribution >= 0.6 is 7.92 Å². The number of ether oxygens (including phenoxy) is 2. The summed E-state index contributed by atoms with van der Waals surface area (Å²) in [4.78, 5) is 0. The Morgan fingerprint density at radius 1 is 1.00 bits per heavy atom. The fourth-order valence-electron chi connectivity index (χ4n) is 4.16. The number of methoxy groups -OCH3 is 1. The molecule has 30 heavy (non-hydrogen) atoms. The number of hydrogen-bond donors (Lipinski definition) is 0. The van der Waals surface area contributed by atoms with Gasteiger partial charge in [0.15, 0.2) is 6.79 Å². The second-order valence-corrected chi connectivity index (χ2v) is 11.8. The molecule has 0 saturated carbocycles. The van der Waals surface area contributed by atoms with Crippen molar-refractivity contribution in [3.8, 4) is 5.75 Å². The molecular weight excluding hydrogens is 387 g/mol. The van der Waals surface area contributed by atoms with Gasteiger partial charge in [-0.2, -0.15) is 0 Å². The van der Waals surface area contributed by atoms with Crippen LogP contribution in [0.4, 0.5) is 0 Å². The Kier molecular flexibility index (Phi) is 6.90. The van der Waals surface area contributed by atoms with Crippen molar-refractivity contribution in [2.45, 2.75) is 52.1 Å². The van der Waals surface area contributed by atoms with Crippen LogP contribution in [0.5, 0.6) is 5.75 Å². The number of rotatable bonds is 7. The third-order valence-electron chi connectivity index (χ3n) is 5.75. The first-order valence-corrected chi connectivity index (χ1v) is 12.0. The van der Waals surface area contributed by atoms with Gasteiger partial charge < -0.3 is 9.47 Å². The first-order valence-electron chi connectivity index (χ1n) is 10.7. The van der Waals surface area contributed by atoms with Crippen LogP contribution in [-0.2, 0) is 10.2 Å². The molecule has 1 aliphatic carbocycles. The van der Waals surface area contributed by atoms with Crippen molar-refractivity contribution >= 4 is 18.5 Å². The van der Waals surface area contributed by atoms with Crippen LogP contribution in [0.2, 0.25) is 0 Å². The van der Waals surface area contributed by atoms with Crippen molar-refractivity contribution in [1.82, 2.24) is 0 Å². The molecule has 0 heterocycles. The predicted octanol–water partition coefficient (Wildman–Crippen LogP) is 6.23. The topological polar surface area (TPSA) is 18.5 Å². The lowest BCUT2D eigenvalue weighted by Gasteiger charge is -2.41. The van der Waals surface area contributed by atoms with E-state index in [4.69, 9.17) is 9.47 Å². The second-order valence-electron chi connectivity index (χ2n) is 9.39. The number of aryl methyl sites for hydroxylation is 1. The molecule has 1 atom stereocenters. The molecule has 0 amide bonds. The summed E-state index contributed by atoms with van der Waals surface area (Å²) in [6.45, 7) is 13.9. The number of hydrogen-bond acceptors (Lipinski definition) is 2. The molecule has 0 spiro atoms. The maximum atomic E-state index is 6.33.